The highest BCUT2D eigenvalue weighted by Gasteiger charge is 2.55. The lowest BCUT2D eigenvalue weighted by molar-refractivity contribution is -0.0467. The molecule has 0 aromatic heterocycles. The Bertz CT molecular complexity index is 608. The first-order valence-electron chi connectivity index (χ1n) is 9.41. The van der Waals surface area contributed by atoms with E-state index in [9.17, 15) is 0 Å². The highest BCUT2D eigenvalue weighted by molar-refractivity contribution is 5.18. The van der Waals surface area contributed by atoms with Gasteiger partial charge in [-0.25, -0.2) is 13.1 Å². The van der Waals surface area contributed by atoms with Gasteiger partial charge in [0.15, 0.2) is 0 Å². The number of hydrogen-bond acceptors (Lipinski definition) is 1. The van der Waals surface area contributed by atoms with Gasteiger partial charge in [-0.1, -0.05) is 11.6 Å². The largest absolute Gasteiger partial charge is 0.366 e. The van der Waals surface area contributed by atoms with Crippen LogP contribution in [0.3, 0.4) is 0 Å². The molecule has 2 aliphatic carbocycles. The molecule has 0 amide bonds. The van der Waals surface area contributed by atoms with E-state index in [1.54, 1.807) is 0 Å². The van der Waals surface area contributed by atoms with Crippen LogP contribution in [-0.4, -0.2) is 23.3 Å². The summed E-state index contributed by atoms with van der Waals surface area (Å²) in [7, 11) is 0. The van der Waals surface area contributed by atoms with Crippen molar-refractivity contribution < 1.29 is 4.74 Å². The van der Waals surface area contributed by atoms with Crippen LogP contribution in [0.25, 0.3) is 9.69 Å². The Balaban J connectivity index is 1.81. The molecule has 3 rings (SSSR count). The molecule has 0 radical (unpaired) electrons. The van der Waals surface area contributed by atoms with Crippen molar-refractivity contribution in [1.82, 2.24) is 0 Å². The average Bonchev–Trinajstić information content (AvgIpc) is 3.05. The predicted octanol–water partition coefficient (Wildman–Crippen LogP) is 5.29. The van der Waals surface area contributed by atoms with Crippen molar-refractivity contribution in [3.8, 4) is 0 Å². The van der Waals surface area contributed by atoms with Gasteiger partial charge in [-0.2, -0.15) is 0 Å². The summed E-state index contributed by atoms with van der Waals surface area (Å²) in [6.07, 6.45) is 9.20. The zero-order valence-electron chi connectivity index (χ0n) is 15.5. The zero-order valence-corrected chi connectivity index (χ0v) is 15.5. The van der Waals surface area contributed by atoms with Gasteiger partial charge in [0.2, 0.25) is 5.54 Å². The summed E-state index contributed by atoms with van der Waals surface area (Å²) in [5, 5.41) is 0. The Morgan fingerprint density at radius 3 is 2.62 bits per heavy atom. The van der Waals surface area contributed by atoms with Crippen LogP contribution < -0.4 is 0 Å². The first-order valence-corrected chi connectivity index (χ1v) is 9.41. The summed E-state index contributed by atoms with van der Waals surface area (Å²) < 4.78 is 6.42. The lowest BCUT2D eigenvalue weighted by Gasteiger charge is -2.46. The van der Waals surface area contributed by atoms with Crippen molar-refractivity contribution in [2.24, 2.45) is 17.8 Å². The molecule has 0 spiro atoms. The van der Waals surface area contributed by atoms with Gasteiger partial charge in [-0.15, -0.1) is 0 Å². The van der Waals surface area contributed by atoms with E-state index in [0.29, 0.717) is 17.8 Å². The normalized spacial score (nSPS) is 42.6. The molecular formula is C21H30N2O. The predicted molar refractivity (Wildman–Crippen MR) is 96.3 cm³/mol. The highest BCUT2D eigenvalue weighted by Crippen LogP contribution is 2.52. The van der Waals surface area contributed by atoms with Gasteiger partial charge in [-0.05, 0) is 50.9 Å². The highest BCUT2D eigenvalue weighted by atomic mass is 16.5. The van der Waals surface area contributed by atoms with E-state index in [4.69, 9.17) is 17.9 Å². The fourth-order valence-electron chi connectivity index (χ4n) is 5.23. The smallest absolute Gasteiger partial charge is 0.252 e. The molecule has 3 nitrogen and oxygen atoms in total. The van der Waals surface area contributed by atoms with E-state index < -0.39 is 5.54 Å². The van der Waals surface area contributed by atoms with Crippen molar-refractivity contribution in [3.05, 3.63) is 34.5 Å². The number of nitrogens with zero attached hydrogens (tertiary/aromatic N) is 2. The van der Waals surface area contributed by atoms with Crippen molar-refractivity contribution >= 4 is 0 Å². The molecule has 0 aromatic rings. The van der Waals surface area contributed by atoms with Gasteiger partial charge < -0.3 is 14.4 Å². The van der Waals surface area contributed by atoms with Crippen molar-refractivity contribution in [3.63, 3.8) is 0 Å². The Hall–Kier alpha value is -1.32. The van der Waals surface area contributed by atoms with Crippen LogP contribution in [0.4, 0.5) is 0 Å². The SMILES string of the molecule is [C-]#[N+]C(C)(C)[C@@H]1CC[C@H]([C@H]2CC[C@](C)([N+]#[C-])[C@@H]3CCC(C)=C[C@H]23)O1. The second kappa shape index (κ2) is 6.20. The number of hydrogen-bond donors (Lipinski definition) is 0. The third kappa shape index (κ3) is 2.89. The van der Waals surface area contributed by atoms with Crippen LogP contribution in [0, 0.1) is 30.9 Å². The Labute approximate surface area is 147 Å². The van der Waals surface area contributed by atoms with E-state index in [1.807, 2.05) is 13.8 Å². The third-order valence-corrected chi connectivity index (χ3v) is 6.93. The van der Waals surface area contributed by atoms with E-state index in [0.717, 1.165) is 38.5 Å². The summed E-state index contributed by atoms with van der Waals surface area (Å²) >= 11 is 0. The maximum atomic E-state index is 7.72. The minimum Gasteiger partial charge on any atom is -0.366 e. The van der Waals surface area contributed by atoms with Gasteiger partial charge in [0.25, 0.3) is 5.54 Å². The molecule has 1 saturated heterocycles. The van der Waals surface area contributed by atoms with Gasteiger partial charge in [0, 0.05) is 33.1 Å². The summed E-state index contributed by atoms with van der Waals surface area (Å²) in [5.74, 6) is 1.46. The Morgan fingerprint density at radius 1 is 1.21 bits per heavy atom. The number of rotatable bonds is 2. The third-order valence-electron chi connectivity index (χ3n) is 6.93. The molecule has 3 aliphatic rings. The van der Waals surface area contributed by atoms with E-state index in [1.165, 1.54) is 5.57 Å². The summed E-state index contributed by atoms with van der Waals surface area (Å²) in [6.45, 7) is 23.6. The fourth-order valence-corrected chi connectivity index (χ4v) is 5.23. The summed E-state index contributed by atoms with van der Waals surface area (Å²) in [4.78, 5) is 7.84. The number of fused-ring (bicyclic) bond motifs is 1. The van der Waals surface area contributed by atoms with Crippen LogP contribution in [0.1, 0.15) is 66.2 Å². The lowest BCUT2D eigenvalue weighted by atomic mass is 9.58. The molecule has 6 atom stereocenters. The van der Waals surface area contributed by atoms with Crippen molar-refractivity contribution in [2.75, 3.05) is 0 Å². The molecule has 2 fully saturated rings. The van der Waals surface area contributed by atoms with Crippen LogP contribution >= 0.6 is 0 Å². The quantitative estimate of drug-likeness (QED) is 0.498. The standard InChI is InChI=1S/C21H30N2O/c1-14-7-8-17-16(13-14)15(11-12-21(17,4)23-6)18-9-10-19(24-18)20(2,3)22-5/h13,15-19H,7-12H2,1-4H3/t15-,16+,17+,18+,19-,21-/m0/s1. The first-order chi connectivity index (χ1) is 11.3. The van der Waals surface area contributed by atoms with Gasteiger partial charge >= 0.3 is 0 Å². The first kappa shape index (κ1) is 17.5. The molecule has 3 heteroatoms. The molecule has 1 aliphatic heterocycles. The minimum atomic E-state index is -0.424. The number of allylic oxidation sites excluding steroid dienone is 2. The molecule has 0 unspecified atom stereocenters. The van der Waals surface area contributed by atoms with E-state index >= 15 is 0 Å². The van der Waals surface area contributed by atoms with Crippen LogP contribution in [0.2, 0.25) is 0 Å². The zero-order chi connectivity index (χ0) is 17.5. The molecule has 1 heterocycles. The topological polar surface area (TPSA) is 18.0 Å². The Morgan fingerprint density at radius 2 is 1.96 bits per heavy atom. The second-order valence-corrected chi connectivity index (χ2v) is 8.91. The van der Waals surface area contributed by atoms with Gasteiger partial charge in [0.05, 0.1) is 6.10 Å². The molecule has 24 heavy (non-hydrogen) atoms. The monoisotopic (exact) mass is 326 g/mol. The maximum absolute atomic E-state index is 7.72. The van der Waals surface area contributed by atoms with E-state index in [-0.39, 0.29) is 17.7 Å². The minimum absolute atomic E-state index is 0.0567. The molecule has 0 N–H and O–H groups in total. The van der Waals surface area contributed by atoms with Crippen molar-refractivity contribution in [2.45, 2.75) is 89.5 Å². The summed E-state index contributed by atoms with van der Waals surface area (Å²) in [5.41, 5.74) is 0.852. The maximum Gasteiger partial charge on any atom is 0.252 e. The van der Waals surface area contributed by atoms with Crippen LogP contribution in [-0.2, 0) is 4.74 Å². The molecule has 0 aromatic carbocycles. The van der Waals surface area contributed by atoms with Crippen LogP contribution in [0.5, 0.6) is 0 Å². The molecular weight excluding hydrogens is 296 g/mol. The molecule has 130 valence electrons. The van der Waals surface area contributed by atoms with Crippen LogP contribution in [0.15, 0.2) is 11.6 Å². The lowest BCUT2D eigenvalue weighted by Crippen LogP contribution is -2.48. The molecule has 1 saturated carbocycles. The van der Waals surface area contributed by atoms with Gasteiger partial charge in [-0.3, -0.25) is 0 Å². The van der Waals surface area contributed by atoms with Gasteiger partial charge in [0.1, 0.15) is 6.10 Å². The van der Waals surface area contributed by atoms with E-state index in [2.05, 4.69) is 29.6 Å². The average molecular weight is 326 g/mol. The Kier molecular flexibility index (Phi) is 4.52. The second-order valence-electron chi connectivity index (χ2n) is 8.91. The summed E-state index contributed by atoms with van der Waals surface area (Å²) in [6, 6.07) is 0. The number of ether oxygens (including phenoxy) is 1. The fraction of sp³-hybridized carbons (Fsp3) is 0.810. The molecule has 0 bridgehead atoms. The van der Waals surface area contributed by atoms with Crippen molar-refractivity contribution in [1.29, 1.82) is 0 Å².